The zero-order valence-corrected chi connectivity index (χ0v) is 34.7. The number of alkyl halides is 1. The first-order valence-corrected chi connectivity index (χ1v) is 21.0. The number of hydrogen-bond donors (Lipinski definition) is 4. The highest BCUT2D eigenvalue weighted by Crippen LogP contribution is 2.29. The van der Waals surface area contributed by atoms with Crippen LogP contribution in [0.25, 0.3) is 55.5 Å². The number of nitrogens with zero attached hydrogens (tertiary/aromatic N) is 4. The van der Waals surface area contributed by atoms with E-state index in [0.29, 0.717) is 0 Å². The summed E-state index contributed by atoms with van der Waals surface area (Å²) in [5.41, 5.74) is 30.6. The quantitative estimate of drug-likeness (QED) is 0.0218. The van der Waals surface area contributed by atoms with Crippen LogP contribution in [0.5, 0.6) is 0 Å². The molecule has 8 nitrogen and oxygen atoms in total. The lowest BCUT2D eigenvalue weighted by Crippen LogP contribution is -2.33. The molecule has 58 heavy (non-hydrogen) atoms. The Morgan fingerprint density at radius 1 is 0.517 bits per heavy atom. The molecule has 0 spiro atoms. The van der Waals surface area contributed by atoms with E-state index in [4.69, 9.17) is 33.0 Å². The highest BCUT2D eigenvalue weighted by atomic mass is 35.5. The molecule has 0 aliphatic carbocycles. The van der Waals surface area contributed by atoms with Crippen molar-refractivity contribution in [1.29, 1.82) is 0 Å². The van der Waals surface area contributed by atoms with Crippen molar-refractivity contribution in [1.82, 2.24) is 9.97 Å². The number of para-hydroxylation sites is 2. The summed E-state index contributed by atoms with van der Waals surface area (Å²) >= 11 is 6.93. The van der Waals surface area contributed by atoms with Crippen molar-refractivity contribution in [3.63, 3.8) is 0 Å². The number of halogens is 1. The van der Waals surface area contributed by atoms with Crippen molar-refractivity contribution in [2.75, 3.05) is 28.6 Å². The van der Waals surface area contributed by atoms with Gasteiger partial charge in [0.05, 0.1) is 0 Å². The number of aromatic nitrogens is 4. The van der Waals surface area contributed by atoms with Gasteiger partial charge in [-0.1, -0.05) is 80.1 Å². The van der Waals surface area contributed by atoms with Crippen molar-refractivity contribution in [3.05, 3.63) is 131 Å². The molecule has 0 saturated carbocycles. The molecule has 1 atom stereocenters. The molecule has 6 N–H and O–H groups in total. The molecule has 0 saturated heterocycles. The minimum atomic E-state index is -0.169. The largest absolute Gasteiger partial charge is 0.398 e. The van der Waals surface area contributed by atoms with Crippen LogP contribution in [0.1, 0.15) is 67.2 Å². The lowest BCUT2D eigenvalue weighted by molar-refractivity contribution is -0.538. The fourth-order valence-electron chi connectivity index (χ4n) is 8.03. The highest BCUT2D eigenvalue weighted by Gasteiger charge is 2.24. The molecule has 0 amide bonds. The molecular formula is C49H53ClN8+2. The number of anilines is 4. The Hall–Kier alpha value is -5.99. The molecular weight excluding hydrogens is 736 g/mol. The highest BCUT2D eigenvalue weighted by molar-refractivity contribution is 6.21. The molecule has 0 aliphatic rings. The fraction of sp³-hybridized carbons (Fsp3) is 0.265. The normalized spacial score (nSPS) is 12.2. The number of rotatable bonds is 14. The van der Waals surface area contributed by atoms with Crippen LogP contribution in [0, 0.1) is 27.7 Å². The number of nitrogens with one attached hydrogen (secondary N) is 2. The standard InChI is InChI=1S/C49H51ClN8/c1-31-23-41-45(27-37(31)51)57(35-17-11-9-12-18-35)47-29-39(33(3)25-43(47)54-41)53-22-16-8-6-5-7-15-21-49(50)56-40-30-48-44(26-34(40)4)55-42-24-32(2)38(52)28-46(42)58(48)36-19-13-10-14-20-36/h9-14,17-20,23-30,49H,5-8,15-16,21-22H2,1-4H3,(H4,51,52,53,56)/p+2. The SMILES string of the molecule is Cc1cc2nc3cc(C)c(NCCCCCCCCC(Cl)Nc4cc5c(cc4C)nc4cc(C)c(N)cc4[n+]5-c4ccccc4)cc3[n+](-c3ccccc3)c2cc1N. The van der Waals surface area contributed by atoms with Crippen LogP contribution in [-0.2, 0) is 0 Å². The van der Waals surface area contributed by atoms with Gasteiger partial charge >= 0.3 is 0 Å². The van der Waals surface area contributed by atoms with Crippen LogP contribution in [0.15, 0.2) is 109 Å². The van der Waals surface area contributed by atoms with E-state index in [1.54, 1.807) is 0 Å². The molecule has 0 bridgehead atoms. The van der Waals surface area contributed by atoms with E-state index in [2.05, 4.69) is 119 Å². The molecule has 0 aliphatic heterocycles. The molecule has 1 unspecified atom stereocenters. The number of unbranched alkanes of at least 4 members (excludes halogenated alkanes) is 5. The second-order valence-electron chi connectivity index (χ2n) is 15.7. The Labute approximate surface area is 345 Å². The summed E-state index contributed by atoms with van der Waals surface area (Å²) in [6, 6.07) is 37.8. The zero-order chi connectivity index (χ0) is 40.3. The maximum Gasteiger partial charge on any atom is 0.239 e. The van der Waals surface area contributed by atoms with E-state index in [-0.39, 0.29) is 5.50 Å². The lowest BCUT2D eigenvalue weighted by Gasteiger charge is -2.16. The van der Waals surface area contributed by atoms with E-state index < -0.39 is 0 Å². The lowest BCUT2D eigenvalue weighted by atomic mass is 10.1. The number of nitrogens with two attached hydrogens (primary N) is 2. The predicted molar refractivity (Wildman–Crippen MR) is 243 cm³/mol. The Bertz CT molecular complexity index is 2770. The minimum absolute atomic E-state index is 0.169. The van der Waals surface area contributed by atoms with Gasteiger partial charge in [0.2, 0.25) is 33.4 Å². The van der Waals surface area contributed by atoms with E-state index in [1.807, 2.05) is 38.1 Å². The monoisotopic (exact) mass is 788 g/mol. The van der Waals surface area contributed by atoms with Gasteiger partial charge < -0.3 is 22.1 Å². The third-order valence-electron chi connectivity index (χ3n) is 11.4. The first-order chi connectivity index (χ1) is 28.1. The van der Waals surface area contributed by atoms with Gasteiger partial charge in [0, 0.05) is 77.8 Å². The summed E-state index contributed by atoms with van der Waals surface area (Å²) in [7, 11) is 0. The molecule has 2 heterocycles. The maximum absolute atomic E-state index is 6.93. The van der Waals surface area contributed by atoms with E-state index in [1.165, 1.54) is 24.8 Å². The first kappa shape index (κ1) is 38.9. The van der Waals surface area contributed by atoms with E-state index in [9.17, 15) is 0 Å². The Morgan fingerprint density at radius 2 is 0.931 bits per heavy atom. The summed E-state index contributed by atoms with van der Waals surface area (Å²) in [5, 5.41) is 7.34. The first-order valence-electron chi connectivity index (χ1n) is 20.5. The van der Waals surface area contributed by atoms with Crippen molar-refractivity contribution in [3.8, 4) is 11.4 Å². The van der Waals surface area contributed by atoms with Gasteiger partial charge in [-0.3, -0.25) is 0 Å². The Balaban J connectivity index is 0.855. The van der Waals surface area contributed by atoms with Crippen molar-refractivity contribution < 1.29 is 9.13 Å². The summed E-state index contributed by atoms with van der Waals surface area (Å²) < 4.78 is 4.52. The van der Waals surface area contributed by atoms with E-state index in [0.717, 1.165) is 127 Å². The number of benzene rings is 6. The summed E-state index contributed by atoms with van der Waals surface area (Å²) in [6.07, 6.45) is 7.83. The molecule has 294 valence electrons. The van der Waals surface area contributed by atoms with Crippen LogP contribution in [0.4, 0.5) is 22.7 Å². The van der Waals surface area contributed by atoms with Gasteiger partial charge in [0.1, 0.15) is 27.6 Å². The van der Waals surface area contributed by atoms with Gasteiger partial charge in [0.25, 0.3) is 0 Å². The average molecular weight is 789 g/mol. The molecule has 2 aromatic heterocycles. The number of fused-ring (bicyclic) bond motifs is 4. The Morgan fingerprint density at radius 3 is 1.45 bits per heavy atom. The van der Waals surface area contributed by atoms with Gasteiger partial charge in [-0.05, 0) is 87.1 Å². The summed E-state index contributed by atoms with van der Waals surface area (Å²) in [4.78, 5) is 10.1. The molecule has 8 rings (SSSR count). The van der Waals surface area contributed by atoms with Crippen LogP contribution < -0.4 is 31.2 Å². The van der Waals surface area contributed by atoms with Crippen LogP contribution in [0.2, 0.25) is 0 Å². The summed E-state index contributed by atoms with van der Waals surface area (Å²) in [6.45, 7) is 9.26. The number of aryl methyl sites for hydroxylation is 4. The van der Waals surface area contributed by atoms with Crippen molar-refractivity contribution in [2.24, 2.45) is 0 Å². The van der Waals surface area contributed by atoms with Gasteiger partial charge in [0.15, 0.2) is 0 Å². The number of nitrogen functional groups attached to an aromatic ring is 2. The molecule has 0 radical (unpaired) electrons. The van der Waals surface area contributed by atoms with Gasteiger partial charge in [-0.25, -0.2) is 9.97 Å². The van der Waals surface area contributed by atoms with Crippen molar-refractivity contribution >= 4 is 78.5 Å². The molecule has 0 fully saturated rings. The van der Waals surface area contributed by atoms with Crippen molar-refractivity contribution in [2.45, 2.75) is 78.1 Å². The predicted octanol–water partition coefficient (Wildman–Crippen LogP) is 10.9. The maximum atomic E-state index is 6.93. The second-order valence-corrected chi connectivity index (χ2v) is 16.2. The minimum Gasteiger partial charge on any atom is -0.398 e. The van der Waals surface area contributed by atoms with Crippen LogP contribution in [0.3, 0.4) is 0 Å². The third kappa shape index (κ3) is 8.07. The zero-order valence-electron chi connectivity index (χ0n) is 33.9. The summed E-state index contributed by atoms with van der Waals surface area (Å²) in [5.74, 6) is 0. The molecule has 6 aromatic carbocycles. The Kier molecular flexibility index (Phi) is 11.3. The second kappa shape index (κ2) is 16.9. The number of hydrogen-bond acceptors (Lipinski definition) is 6. The fourth-order valence-corrected chi connectivity index (χ4v) is 8.30. The third-order valence-corrected chi connectivity index (χ3v) is 11.7. The molecule has 9 heteroatoms. The van der Waals surface area contributed by atoms with Gasteiger partial charge in [-0.15, -0.1) is 9.13 Å². The smallest absolute Gasteiger partial charge is 0.239 e. The average Bonchev–Trinajstić information content (AvgIpc) is 3.21. The topological polar surface area (TPSA) is 110 Å². The van der Waals surface area contributed by atoms with Crippen LogP contribution in [-0.4, -0.2) is 22.0 Å². The van der Waals surface area contributed by atoms with Crippen LogP contribution >= 0.6 is 11.6 Å². The van der Waals surface area contributed by atoms with E-state index >= 15 is 0 Å². The van der Waals surface area contributed by atoms with Gasteiger partial charge in [-0.2, -0.15) is 0 Å². The molecule has 8 aromatic rings.